The summed E-state index contributed by atoms with van der Waals surface area (Å²) in [6, 6.07) is 4.80. The maximum absolute atomic E-state index is 13.6. The Morgan fingerprint density at radius 2 is 1.79 bits per heavy atom. The highest BCUT2D eigenvalue weighted by Crippen LogP contribution is 2.23. The van der Waals surface area contributed by atoms with Gasteiger partial charge < -0.3 is 10.1 Å². The van der Waals surface area contributed by atoms with Gasteiger partial charge >= 0.3 is 6.09 Å². The number of nitrogens with zero attached hydrogens (tertiary/aromatic N) is 1. The van der Waals surface area contributed by atoms with E-state index in [0.29, 0.717) is 5.69 Å². The van der Waals surface area contributed by atoms with Crippen LogP contribution in [0.3, 0.4) is 0 Å². The van der Waals surface area contributed by atoms with Crippen LogP contribution >= 0.6 is 0 Å². The number of hydrogen-bond donors (Lipinski definition) is 2. The monoisotopic (exact) mass is 339 g/mol. The standard InChI is InChI=1S/C16H16F3N3O2/c1-16(2,3)24-15(23)21-9-4-7-12(20-8-9)22-11-6-5-10(17)13(18)14(11)19/h4-8H,1-3H3,(H,20,22)(H,21,23). The number of halogens is 3. The molecule has 24 heavy (non-hydrogen) atoms. The van der Waals surface area contributed by atoms with Gasteiger partial charge in [0.05, 0.1) is 17.6 Å². The third-order valence-corrected chi connectivity index (χ3v) is 2.71. The summed E-state index contributed by atoms with van der Waals surface area (Å²) in [6.45, 7) is 5.19. The molecule has 2 rings (SSSR count). The maximum Gasteiger partial charge on any atom is 0.412 e. The van der Waals surface area contributed by atoms with Crippen molar-refractivity contribution >= 4 is 23.3 Å². The summed E-state index contributed by atoms with van der Waals surface area (Å²) in [6.07, 6.45) is 0.668. The van der Waals surface area contributed by atoms with Crippen LogP contribution in [-0.2, 0) is 4.74 Å². The second kappa shape index (κ2) is 6.77. The van der Waals surface area contributed by atoms with Gasteiger partial charge in [-0.1, -0.05) is 0 Å². The zero-order valence-electron chi connectivity index (χ0n) is 13.3. The lowest BCUT2D eigenvalue weighted by atomic mass is 10.2. The molecule has 5 nitrogen and oxygen atoms in total. The molecule has 0 atom stereocenters. The van der Waals surface area contributed by atoms with E-state index < -0.39 is 29.1 Å². The zero-order chi connectivity index (χ0) is 17.9. The minimum Gasteiger partial charge on any atom is -0.444 e. The predicted octanol–water partition coefficient (Wildman–Crippen LogP) is 4.59. The molecule has 0 spiro atoms. The molecule has 0 bridgehead atoms. The number of benzene rings is 1. The van der Waals surface area contributed by atoms with Crippen molar-refractivity contribution in [2.45, 2.75) is 26.4 Å². The topological polar surface area (TPSA) is 63.2 Å². The van der Waals surface area contributed by atoms with Crippen LogP contribution in [0.2, 0.25) is 0 Å². The van der Waals surface area contributed by atoms with Crippen molar-refractivity contribution in [3.63, 3.8) is 0 Å². The van der Waals surface area contributed by atoms with Crippen molar-refractivity contribution in [2.24, 2.45) is 0 Å². The number of rotatable bonds is 3. The number of ether oxygens (including phenoxy) is 1. The summed E-state index contributed by atoms with van der Waals surface area (Å²) in [5, 5.41) is 5.00. The molecule has 8 heteroatoms. The van der Waals surface area contributed by atoms with Gasteiger partial charge in [-0.25, -0.2) is 22.9 Å². The van der Waals surface area contributed by atoms with Crippen LogP contribution in [0.25, 0.3) is 0 Å². The minimum atomic E-state index is -1.57. The van der Waals surface area contributed by atoms with Gasteiger partial charge in [0.25, 0.3) is 0 Å². The van der Waals surface area contributed by atoms with Crippen LogP contribution in [0.5, 0.6) is 0 Å². The van der Waals surface area contributed by atoms with Gasteiger partial charge in [-0.15, -0.1) is 0 Å². The first kappa shape index (κ1) is 17.6. The van der Waals surface area contributed by atoms with Crippen molar-refractivity contribution < 1.29 is 22.7 Å². The largest absolute Gasteiger partial charge is 0.444 e. The molecule has 0 aliphatic rings. The molecule has 1 heterocycles. The minimum absolute atomic E-state index is 0.189. The summed E-state index contributed by atoms with van der Waals surface area (Å²) in [4.78, 5) is 15.6. The highest BCUT2D eigenvalue weighted by Gasteiger charge is 2.16. The SMILES string of the molecule is CC(C)(C)OC(=O)Nc1ccc(Nc2ccc(F)c(F)c2F)nc1. The van der Waals surface area contributed by atoms with Gasteiger partial charge in [0.2, 0.25) is 0 Å². The second-order valence-corrected chi connectivity index (χ2v) is 5.91. The Kier molecular flexibility index (Phi) is 4.96. The van der Waals surface area contributed by atoms with Crippen molar-refractivity contribution in [3.05, 3.63) is 47.9 Å². The Balaban J connectivity index is 2.05. The Labute approximate surface area is 136 Å². The fraction of sp³-hybridized carbons (Fsp3) is 0.250. The van der Waals surface area contributed by atoms with E-state index in [1.165, 1.54) is 18.3 Å². The molecule has 0 fully saturated rings. The summed E-state index contributed by atoms with van der Waals surface area (Å²) in [7, 11) is 0. The van der Waals surface area contributed by atoms with Crippen molar-refractivity contribution in [1.29, 1.82) is 0 Å². The Bertz CT molecular complexity index is 743. The van der Waals surface area contributed by atoms with E-state index in [9.17, 15) is 18.0 Å². The molecule has 1 aromatic carbocycles. The molecule has 0 saturated carbocycles. The number of amides is 1. The molecule has 1 amide bonds. The number of pyridine rings is 1. The van der Waals surface area contributed by atoms with E-state index in [-0.39, 0.29) is 11.5 Å². The zero-order valence-corrected chi connectivity index (χ0v) is 13.3. The second-order valence-electron chi connectivity index (χ2n) is 5.91. The Morgan fingerprint density at radius 1 is 1.08 bits per heavy atom. The number of carbonyl (C=O) groups excluding carboxylic acids is 1. The van der Waals surface area contributed by atoms with Crippen molar-refractivity contribution in [2.75, 3.05) is 10.6 Å². The van der Waals surface area contributed by atoms with E-state index in [1.54, 1.807) is 20.8 Å². The van der Waals surface area contributed by atoms with E-state index in [4.69, 9.17) is 4.74 Å². The van der Waals surface area contributed by atoms with Crippen LogP contribution in [-0.4, -0.2) is 16.7 Å². The maximum atomic E-state index is 13.6. The fourth-order valence-electron chi connectivity index (χ4n) is 1.72. The third-order valence-electron chi connectivity index (χ3n) is 2.71. The smallest absolute Gasteiger partial charge is 0.412 e. The first-order chi connectivity index (χ1) is 11.2. The lowest BCUT2D eigenvalue weighted by Gasteiger charge is -2.19. The van der Waals surface area contributed by atoms with Gasteiger partial charge in [-0.2, -0.15) is 0 Å². The Morgan fingerprint density at radius 3 is 2.38 bits per heavy atom. The van der Waals surface area contributed by atoms with Gasteiger partial charge in [0.15, 0.2) is 17.5 Å². The lowest BCUT2D eigenvalue weighted by Crippen LogP contribution is -2.27. The van der Waals surface area contributed by atoms with Gasteiger partial charge in [0.1, 0.15) is 11.4 Å². The number of anilines is 3. The number of carbonyl (C=O) groups is 1. The molecule has 0 unspecified atom stereocenters. The van der Waals surface area contributed by atoms with Crippen LogP contribution < -0.4 is 10.6 Å². The molecule has 0 radical (unpaired) electrons. The van der Waals surface area contributed by atoms with E-state index in [1.807, 2.05) is 0 Å². The molecule has 2 aromatic rings. The van der Waals surface area contributed by atoms with Gasteiger partial charge in [-0.3, -0.25) is 5.32 Å². The lowest BCUT2D eigenvalue weighted by molar-refractivity contribution is 0.0636. The summed E-state index contributed by atoms with van der Waals surface area (Å²) < 4.78 is 44.7. The first-order valence-corrected chi connectivity index (χ1v) is 7.02. The quantitative estimate of drug-likeness (QED) is 0.803. The average molecular weight is 339 g/mol. The van der Waals surface area contributed by atoms with Crippen LogP contribution in [0.15, 0.2) is 30.5 Å². The molecule has 0 saturated heterocycles. The fourth-order valence-corrected chi connectivity index (χ4v) is 1.72. The van der Waals surface area contributed by atoms with Crippen molar-refractivity contribution in [1.82, 2.24) is 4.98 Å². The van der Waals surface area contributed by atoms with Gasteiger partial charge in [0, 0.05) is 0 Å². The molecular formula is C16H16F3N3O2. The van der Waals surface area contributed by atoms with Crippen LogP contribution in [0.1, 0.15) is 20.8 Å². The molecule has 128 valence electrons. The highest BCUT2D eigenvalue weighted by molar-refractivity contribution is 5.84. The Hall–Kier alpha value is -2.77. The molecule has 1 aromatic heterocycles. The first-order valence-electron chi connectivity index (χ1n) is 7.02. The molecular weight excluding hydrogens is 323 g/mol. The number of aromatic nitrogens is 1. The predicted molar refractivity (Wildman–Crippen MR) is 83.7 cm³/mol. The van der Waals surface area contributed by atoms with Crippen LogP contribution in [0, 0.1) is 17.5 Å². The normalized spacial score (nSPS) is 11.1. The number of nitrogens with one attached hydrogen (secondary N) is 2. The molecule has 0 aliphatic heterocycles. The van der Waals surface area contributed by atoms with Gasteiger partial charge in [-0.05, 0) is 45.0 Å². The van der Waals surface area contributed by atoms with E-state index in [2.05, 4.69) is 15.6 Å². The highest BCUT2D eigenvalue weighted by atomic mass is 19.2. The summed E-state index contributed by atoms with van der Waals surface area (Å²) in [5.41, 5.74) is -0.529. The average Bonchev–Trinajstić information content (AvgIpc) is 2.48. The summed E-state index contributed by atoms with van der Waals surface area (Å²) >= 11 is 0. The molecule has 2 N–H and O–H groups in total. The van der Waals surface area contributed by atoms with Crippen LogP contribution in [0.4, 0.5) is 35.2 Å². The summed E-state index contributed by atoms with van der Waals surface area (Å²) in [5.74, 6) is -3.99. The molecule has 0 aliphatic carbocycles. The van der Waals surface area contributed by atoms with E-state index in [0.717, 1.165) is 12.1 Å². The third kappa shape index (κ3) is 4.61. The number of hydrogen-bond acceptors (Lipinski definition) is 4. The van der Waals surface area contributed by atoms with E-state index >= 15 is 0 Å². The van der Waals surface area contributed by atoms with Crippen molar-refractivity contribution in [3.8, 4) is 0 Å².